The first-order valence-electron chi connectivity index (χ1n) is 5.51. The summed E-state index contributed by atoms with van der Waals surface area (Å²) in [7, 11) is 1.49. The Labute approximate surface area is 110 Å². The van der Waals surface area contributed by atoms with Crippen LogP contribution in [0.5, 0.6) is 0 Å². The molecule has 0 atom stereocenters. The molecule has 0 bridgehead atoms. The third-order valence-corrected chi connectivity index (χ3v) is 2.29. The van der Waals surface area contributed by atoms with Crippen molar-refractivity contribution in [2.75, 3.05) is 13.6 Å². The van der Waals surface area contributed by atoms with Crippen molar-refractivity contribution in [2.45, 2.75) is 45.4 Å². The molecule has 0 rings (SSSR count). The minimum atomic E-state index is -1.21. The van der Waals surface area contributed by atoms with Crippen molar-refractivity contribution in [1.82, 2.24) is 4.90 Å². The van der Waals surface area contributed by atoms with Crippen molar-refractivity contribution < 1.29 is 33.6 Å². The molecule has 0 saturated carbocycles. The van der Waals surface area contributed by atoms with Crippen LogP contribution in [0.3, 0.4) is 0 Å². The van der Waals surface area contributed by atoms with Crippen LogP contribution in [0.25, 0.3) is 0 Å². The number of rotatable bonds is 8. The molecule has 0 aromatic carbocycles. The average molecular weight is 221 g/mol. The molecule has 0 aliphatic rings. The number of likely N-dealkylation sites (N-methyl/N-ethyl adjacent to an activating group) is 1. The second-order valence-corrected chi connectivity index (χ2v) is 3.79. The molecule has 0 saturated heterocycles. The molecule has 0 N–H and O–H groups in total. The van der Waals surface area contributed by atoms with Gasteiger partial charge in [-0.1, -0.05) is 32.6 Å². The van der Waals surface area contributed by atoms with Crippen LogP contribution in [0.2, 0.25) is 0 Å². The molecule has 0 aliphatic carbocycles. The Kier molecular flexibility index (Phi) is 12.4. The molecule has 88 valence electrons. The summed E-state index contributed by atoms with van der Waals surface area (Å²) in [5, 5.41) is 10.2. The third-order valence-electron chi connectivity index (χ3n) is 2.29. The minimum absolute atomic E-state index is 0. The number of amides is 1. The van der Waals surface area contributed by atoms with Crippen LogP contribution in [0.1, 0.15) is 45.4 Å². The van der Waals surface area contributed by atoms with Gasteiger partial charge in [-0.15, -0.1) is 0 Å². The molecular weight excluding hydrogens is 201 g/mol. The van der Waals surface area contributed by atoms with Gasteiger partial charge in [0.1, 0.15) is 0 Å². The van der Waals surface area contributed by atoms with E-state index in [-0.39, 0.29) is 31.3 Å². The van der Waals surface area contributed by atoms with Gasteiger partial charge in [-0.3, -0.25) is 4.79 Å². The summed E-state index contributed by atoms with van der Waals surface area (Å²) in [6.07, 6.45) is 5.85. The maximum absolute atomic E-state index is 11.3. The van der Waals surface area contributed by atoms with Crippen LogP contribution >= 0.6 is 0 Å². The number of aliphatic carboxylic acids is 1. The Morgan fingerprint density at radius 2 is 1.69 bits per heavy atom. The van der Waals surface area contributed by atoms with Gasteiger partial charge in [0.15, 0.2) is 0 Å². The number of carbonyl (C=O) groups excluding carboxylic acids is 2. The zero-order valence-electron chi connectivity index (χ0n) is 10.6. The summed E-state index contributed by atoms with van der Waals surface area (Å²) in [6.45, 7) is 1.83. The number of unbranched alkanes of at least 4 members (excludes halogenated alkanes) is 4. The fourth-order valence-corrected chi connectivity index (χ4v) is 1.35. The van der Waals surface area contributed by atoms with E-state index in [1.807, 2.05) is 0 Å². The Morgan fingerprint density at radius 1 is 1.12 bits per heavy atom. The van der Waals surface area contributed by atoms with Crippen molar-refractivity contribution in [3.63, 3.8) is 0 Å². The summed E-state index contributed by atoms with van der Waals surface area (Å²) < 4.78 is 0. The van der Waals surface area contributed by atoms with Crippen molar-refractivity contribution in [1.29, 1.82) is 0 Å². The first-order chi connectivity index (χ1) is 7.07. The van der Waals surface area contributed by atoms with Crippen molar-refractivity contribution in [3.8, 4) is 0 Å². The number of nitrogens with zero attached hydrogens (tertiary/aromatic N) is 1. The normalized spacial score (nSPS) is 9.38. The number of carboxylic acids is 1. The molecule has 5 heteroatoms. The van der Waals surface area contributed by atoms with Gasteiger partial charge >= 0.3 is 18.9 Å². The monoisotopic (exact) mass is 221 g/mol. The molecule has 0 heterocycles. The van der Waals surface area contributed by atoms with Crippen LogP contribution in [-0.4, -0.2) is 30.4 Å². The van der Waals surface area contributed by atoms with E-state index in [9.17, 15) is 14.7 Å². The van der Waals surface area contributed by atoms with Gasteiger partial charge in [-0.25, -0.2) is 0 Å². The van der Waals surface area contributed by atoms with Gasteiger partial charge in [-0.2, -0.15) is 0 Å². The molecule has 0 radical (unpaired) electrons. The van der Waals surface area contributed by atoms with Crippen LogP contribution in [0, 0.1) is 0 Å². The predicted molar refractivity (Wildman–Crippen MR) is 56.0 cm³/mol. The third kappa shape index (κ3) is 10.1. The van der Waals surface area contributed by atoms with Crippen molar-refractivity contribution in [2.24, 2.45) is 0 Å². The number of carbonyl (C=O) groups is 2. The summed E-state index contributed by atoms with van der Waals surface area (Å²) in [4.78, 5) is 22.8. The zero-order chi connectivity index (χ0) is 11.7. The summed E-state index contributed by atoms with van der Waals surface area (Å²) in [5.74, 6) is -1.33. The quantitative estimate of drug-likeness (QED) is 0.338. The molecule has 4 nitrogen and oxygen atoms in total. The van der Waals surface area contributed by atoms with E-state index in [2.05, 4.69) is 6.92 Å². The van der Waals surface area contributed by atoms with E-state index in [4.69, 9.17) is 0 Å². The van der Waals surface area contributed by atoms with E-state index in [1.54, 1.807) is 0 Å². The maximum atomic E-state index is 11.3. The van der Waals surface area contributed by atoms with Crippen LogP contribution in [0.15, 0.2) is 0 Å². The first kappa shape index (κ1) is 17.9. The number of carboxylic acid groups (broad SMARTS) is 1. The largest absolute Gasteiger partial charge is 1.00 e. The SMILES string of the molecule is CCCCCCCC(=O)N(C)CC(=O)[O-].[Li+]. The summed E-state index contributed by atoms with van der Waals surface area (Å²) >= 11 is 0. The maximum Gasteiger partial charge on any atom is 1.00 e. The summed E-state index contributed by atoms with van der Waals surface area (Å²) in [5.41, 5.74) is 0. The van der Waals surface area contributed by atoms with E-state index < -0.39 is 5.97 Å². The molecule has 0 fully saturated rings. The minimum Gasteiger partial charge on any atom is -0.548 e. The topological polar surface area (TPSA) is 60.4 Å². The van der Waals surface area contributed by atoms with Crippen molar-refractivity contribution in [3.05, 3.63) is 0 Å². The van der Waals surface area contributed by atoms with Crippen LogP contribution in [0.4, 0.5) is 0 Å². The Morgan fingerprint density at radius 3 is 2.19 bits per heavy atom. The van der Waals surface area contributed by atoms with Gasteiger partial charge in [0.05, 0.1) is 12.5 Å². The molecular formula is C11H20LiNO3. The van der Waals surface area contributed by atoms with Gasteiger partial charge in [-0.05, 0) is 6.42 Å². The predicted octanol–water partition coefficient (Wildman–Crippen LogP) is -2.44. The average Bonchev–Trinajstić information content (AvgIpc) is 2.16. The first-order valence-corrected chi connectivity index (χ1v) is 5.51. The van der Waals surface area contributed by atoms with E-state index >= 15 is 0 Å². The van der Waals surface area contributed by atoms with Crippen LogP contribution in [-0.2, 0) is 9.59 Å². The number of hydrogen-bond donors (Lipinski definition) is 0. The molecule has 0 unspecified atom stereocenters. The van der Waals surface area contributed by atoms with Crippen LogP contribution < -0.4 is 24.0 Å². The van der Waals surface area contributed by atoms with E-state index in [1.165, 1.54) is 24.8 Å². The van der Waals surface area contributed by atoms with Gasteiger partial charge < -0.3 is 14.8 Å². The fourth-order valence-electron chi connectivity index (χ4n) is 1.35. The van der Waals surface area contributed by atoms with Gasteiger partial charge in [0, 0.05) is 13.5 Å². The Balaban J connectivity index is 0. The molecule has 0 aromatic heterocycles. The molecule has 0 spiro atoms. The second-order valence-electron chi connectivity index (χ2n) is 3.79. The Hall–Kier alpha value is -0.463. The molecule has 0 aliphatic heterocycles. The fraction of sp³-hybridized carbons (Fsp3) is 0.818. The molecule has 1 amide bonds. The zero-order valence-corrected chi connectivity index (χ0v) is 10.6. The van der Waals surface area contributed by atoms with E-state index in [0.29, 0.717) is 6.42 Å². The second kappa shape index (κ2) is 11.0. The van der Waals surface area contributed by atoms with Gasteiger partial charge in [0.25, 0.3) is 0 Å². The molecule has 16 heavy (non-hydrogen) atoms. The standard InChI is InChI=1S/C11H21NO3.Li/c1-3-4-5-6-7-8-10(13)12(2)9-11(14)15;/h3-9H2,1-2H3,(H,14,15);/q;+1/p-1. The smallest absolute Gasteiger partial charge is 0.548 e. The molecule has 0 aromatic rings. The van der Waals surface area contributed by atoms with E-state index in [0.717, 1.165) is 19.3 Å². The summed E-state index contributed by atoms with van der Waals surface area (Å²) in [6, 6.07) is 0. The van der Waals surface area contributed by atoms with Gasteiger partial charge in [0.2, 0.25) is 5.91 Å². The Bertz CT molecular complexity index is 209. The van der Waals surface area contributed by atoms with Crippen molar-refractivity contribution >= 4 is 11.9 Å². The number of hydrogen-bond acceptors (Lipinski definition) is 3.